The molecule has 0 bridgehead atoms. The fourth-order valence-corrected chi connectivity index (χ4v) is 0. The summed E-state index contributed by atoms with van der Waals surface area (Å²) >= 11 is 0. The van der Waals surface area contributed by atoms with Crippen molar-refractivity contribution in [3.8, 4) is 0 Å². The quantitative estimate of drug-likeness (QED) is 0.389. The first-order chi connectivity index (χ1) is 1.41. The summed E-state index contributed by atoms with van der Waals surface area (Å²) in [6.07, 6.45) is 0. The van der Waals surface area contributed by atoms with E-state index >= 15 is 0 Å². The molecular weight excluding hydrogens is 69.0 g/mol. The van der Waals surface area contributed by atoms with Crippen LogP contribution in [-0.2, 0) is 0 Å². The highest BCUT2D eigenvalue weighted by Gasteiger charge is 1.10. The minimum absolute atomic E-state index is 0. The van der Waals surface area contributed by atoms with Gasteiger partial charge in [0.05, 0.1) is 0 Å². The molecule has 0 rings (SSSR count). The molecule has 0 N–H and O–H groups in total. The molecule has 0 amide bonds. The summed E-state index contributed by atoms with van der Waals surface area (Å²) < 4.78 is 3.31. The Balaban J connectivity index is 0. The van der Waals surface area contributed by atoms with Gasteiger partial charge in [-0.25, -0.2) is 0 Å². The molecule has 2 heteroatoms. The monoisotopic (exact) mass is 77.0 g/mol. The summed E-state index contributed by atoms with van der Waals surface area (Å²) in [7, 11) is 4.47. The van der Waals surface area contributed by atoms with Crippen molar-refractivity contribution in [1.82, 2.24) is 0 Å². The van der Waals surface area contributed by atoms with Gasteiger partial charge in [-0.3, -0.25) is 4.74 Å². The molecule has 0 aromatic heterocycles. The van der Waals surface area contributed by atoms with Crippen LogP contribution in [0.15, 0.2) is 4.74 Å². The van der Waals surface area contributed by atoms with E-state index < -0.39 is 0 Å². The summed E-state index contributed by atoms with van der Waals surface area (Å²) in [5.41, 5.74) is 0. The van der Waals surface area contributed by atoms with E-state index in [1.165, 1.54) is 0 Å². The van der Waals surface area contributed by atoms with Crippen LogP contribution in [0.4, 0.5) is 0 Å². The van der Waals surface area contributed by atoms with Crippen LogP contribution in [0.25, 0.3) is 0 Å². The van der Waals surface area contributed by atoms with Gasteiger partial charge in [-0.2, -0.15) is 0 Å². The van der Waals surface area contributed by atoms with Crippen LogP contribution in [-0.4, -0.2) is 7.05 Å². The number of hydrogen-bond acceptors (Lipinski definition) is 1. The molecule has 0 atom stereocenters. The first-order valence-electron chi connectivity index (χ1n) is 0.671. The molecule has 0 saturated carbocycles. The normalized spacial score (nSPS) is 3.25. The molecule has 1 nitrogen and oxygen atoms in total. The van der Waals surface area contributed by atoms with Crippen LogP contribution >= 0.6 is 9.03 Å². The van der Waals surface area contributed by atoms with Crippen molar-refractivity contribution >= 4 is 9.03 Å². The van der Waals surface area contributed by atoms with Gasteiger partial charge in [0, 0.05) is 7.05 Å². The Morgan fingerprint density at radius 1 is 1.75 bits per heavy atom. The highest BCUT2D eigenvalue weighted by molar-refractivity contribution is 7.03. The van der Waals surface area contributed by atoms with E-state index in [1.54, 1.807) is 7.05 Å². The molecule has 0 fully saturated rings. The minimum Gasteiger partial charge on any atom is -0.275 e. The van der Waals surface area contributed by atoms with Gasteiger partial charge in [-0.1, -0.05) is 7.43 Å². The Morgan fingerprint density at radius 2 is 1.75 bits per heavy atom. The van der Waals surface area contributed by atoms with Crippen molar-refractivity contribution < 1.29 is 0 Å². The van der Waals surface area contributed by atoms with Crippen molar-refractivity contribution in [3.05, 3.63) is 0 Å². The first-order valence-corrected chi connectivity index (χ1v) is 1.12. The third-order valence-electron chi connectivity index (χ3n) is 0. The van der Waals surface area contributed by atoms with Crippen LogP contribution < -0.4 is 0 Å². The number of nitrogens with zero attached hydrogens (tertiary/aromatic N) is 1. The molecule has 0 aliphatic rings. The third-order valence-corrected chi connectivity index (χ3v) is 0. The second kappa shape index (κ2) is 11.3. The first kappa shape index (κ1) is 8.93. The zero-order valence-corrected chi connectivity index (χ0v) is 2.95. The summed E-state index contributed by atoms with van der Waals surface area (Å²) in [6, 6.07) is 0. The molecule has 4 heavy (non-hydrogen) atoms. The summed E-state index contributed by atoms with van der Waals surface area (Å²) in [5.74, 6) is 0. The van der Waals surface area contributed by atoms with Gasteiger partial charge in [-0.05, 0) is 9.03 Å². The zero-order chi connectivity index (χ0) is 2.71. The minimum atomic E-state index is 0. The Bertz CT molecular complexity index is 13.5. The number of hydrogen-bond donors (Lipinski definition) is 0. The highest BCUT2D eigenvalue weighted by atomic mass is 31.0. The largest absolute Gasteiger partial charge is 0.275 e. The number of rotatable bonds is 0. The van der Waals surface area contributed by atoms with Crippen molar-refractivity contribution in [2.24, 2.45) is 4.74 Å². The average molecular weight is 77.1 g/mol. The lowest BCUT2D eigenvalue weighted by atomic mass is 11.6. The Hall–Kier alpha value is 0.100. The van der Waals surface area contributed by atoms with Gasteiger partial charge in [0.2, 0.25) is 0 Å². The van der Waals surface area contributed by atoms with Gasteiger partial charge >= 0.3 is 0 Å². The van der Waals surface area contributed by atoms with Gasteiger partial charge < -0.3 is 0 Å². The van der Waals surface area contributed by atoms with Crippen LogP contribution in [0.2, 0.25) is 0 Å². The lowest BCUT2D eigenvalue weighted by Gasteiger charge is -1.36. The topological polar surface area (TPSA) is 12.4 Å². The van der Waals surface area contributed by atoms with Crippen molar-refractivity contribution in [1.29, 1.82) is 0 Å². The molecule has 0 aliphatic carbocycles. The van der Waals surface area contributed by atoms with Gasteiger partial charge in [0.25, 0.3) is 0 Å². The molecule has 0 unspecified atom stereocenters. The van der Waals surface area contributed by atoms with Crippen LogP contribution in [0.5, 0.6) is 0 Å². The standard InChI is InChI=1S/CH4NP.CH4/c1-2-3;/h3H,1H3;1H4. The van der Waals surface area contributed by atoms with Crippen LogP contribution in [0.1, 0.15) is 7.43 Å². The molecular formula is C2H8NP. The van der Waals surface area contributed by atoms with Gasteiger partial charge in [0.1, 0.15) is 0 Å². The summed E-state index contributed by atoms with van der Waals surface area (Å²) in [4.78, 5) is 0. The predicted octanol–water partition coefficient (Wildman–Crippen LogP) is 1.58. The maximum absolute atomic E-state index is 3.31. The average Bonchev–Trinajstić information content (AvgIpc) is 0.918. The fraction of sp³-hybridized carbons (Fsp3) is 1.00. The van der Waals surface area contributed by atoms with Gasteiger partial charge in [-0.15, -0.1) is 0 Å². The van der Waals surface area contributed by atoms with E-state index in [9.17, 15) is 0 Å². The SMILES string of the molecule is C.CN=P. The van der Waals surface area contributed by atoms with Crippen molar-refractivity contribution in [3.63, 3.8) is 0 Å². The summed E-state index contributed by atoms with van der Waals surface area (Å²) in [5, 5.41) is 0. The maximum Gasteiger partial charge on any atom is 0.0317 e. The third kappa shape index (κ3) is 254. The van der Waals surface area contributed by atoms with Crippen molar-refractivity contribution in [2.75, 3.05) is 7.05 Å². The second-order valence-electron chi connectivity index (χ2n) is 0.224. The lowest BCUT2D eigenvalue weighted by Crippen LogP contribution is -1.14. The van der Waals surface area contributed by atoms with Crippen LogP contribution in [0, 0.1) is 0 Å². The Morgan fingerprint density at radius 3 is 1.75 bits per heavy atom. The van der Waals surface area contributed by atoms with Gasteiger partial charge in [0.15, 0.2) is 0 Å². The molecule has 0 saturated heterocycles. The second-order valence-corrected chi connectivity index (χ2v) is 0.671. The van der Waals surface area contributed by atoms with E-state index in [1.807, 2.05) is 0 Å². The van der Waals surface area contributed by atoms with E-state index in [-0.39, 0.29) is 7.43 Å². The highest BCUT2D eigenvalue weighted by Crippen LogP contribution is 1.52. The smallest absolute Gasteiger partial charge is 0.0317 e. The lowest BCUT2D eigenvalue weighted by molar-refractivity contribution is 1.52. The van der Waals surface area contributed by atoms with E-state index in [0.717, 1.165) is 0 Å². The molecule has 0 aromatic carbocycles. The fourth-order valence-electron chi connectivity index (χ4n) is 0. The van der Waals surface area contributed by atoms with Crippen LogP contribution in [0.3, 0.4) is 0 Å². The molecule has 26 valence electrons. The molecule has 0 aromatic rings. The molecule has 0 aliphatic heterocycles. The zero-order valence-electron chi connectivity index (χ0n) is 1.95. The van der Waals surface area contributed by atoms with Crippen molar-refractivity contribution in [2.45, 2.75) is 7.43 Å². The predicted molar refractivity (Wildman–Crippen MR) is 23.4 cm³/mol. The van der Waals surface area contributed by atoms with E-state index in [4.69, 9.17) is 0 Å². The Kier molecular flexibility index (Phi) is 25.2. The Labute approximate surface area is 29.3 Å². The van der Waals surface area contributed by atoms with E-state index in [2.05, 4.69) is 13.8 Å². The molecule has 0 radical (unpaired) electrons. The summed E-state index contributed by atoms with van der Waals surface area (Å²) in [6.45, 7) is 0. The molecule has 0 heterocycles. The maximum atomic E-state index is 3.31. The van der Waals surface area contributed by atoms with E-state index in [0.29, 0.717) is 0 Å². The molecule has 0 spiro atoms.